The summed E-state index contributed by atoms with van der Waals surface area (Å²) in [6.45, 7) is 6.61. The molecule has 0 bridgehead atoms. The Hall–Kier alpha value is -1.59. The Bertz CT molecular complexity index is 1080. The van der Waals surface area contributed by atoms with Crippen LogP contribution >= 0.6 is 46.1 Å². The highest BCUT2D eigenvalue weighted by Crippen LogP contribution is 2.39. The summed E-state index contributed by atoms with van der Waals surface area (Å²) in [5, 5.41) is 2.90. The average Bonchev–Trinajstić information content (AvgIpc) is 3.26. The number of aromatic nitrogens is 1. The summed E-state index contributed by atoms with van der Waals surface area (Å²) in [4.78, 5) is 13.3. The SMILES string of the molecule is CC(C)Cc1cnc(C2N=C(c3ccc(Cl)cc3Cl)N(c3ccc(Cl)cc3)C2C)s1. The zero-order valence-corrected chi connectivity index (χ0v) is 20.0. The van der Waals surface area contributed by atoms with Crippen molar-refractivity contribution in [2.75, 3.05) is 4.90 Å². The molecule has 0 saturated heterocycles. The largest absolute Gasteiger partial charge is 0.321 e. The lowest BCUT2D eigenvalue weighted by atomic mass is 10.1. The van der Waals surface area contributed by atoms with Gasteiger partial charge < -0.3 is 4.90 Å². The standard InChI is InChI=1S/C23H22Cl3N3S/c1-13(2)10-18-12-27-23(30-18)21-14(3)29(17-7-4-15(24)5-8-17)22(28-21)19-9-6-16(25)11-20(19)26/h4-9,11-14,21H,10H2,1-3H3. The molecule has 2 aromatic carbocycles. The molecule has 30 heavy (non-hydrogen) atoms. The minimum atomic E-state index is -0.0756. The minimum absolute atomic E-state index is 0.0750. The molecule has 3 nitrogen and oxygen atoms in total. The fourth-order valence-electron chi connectivity index (χ4n) is 3.68. The third-order valence-electron chi connectivity index (χ3n) is 5.06. The summed E-state index contributed by atoms with van der Waals surface area (Å²) in [7, 11) is 0. The molecule has 0 saturated carbocycles. The third-order valence-corrected chi connectivity index (χ3v) is 6.95. The molecule has 1 aromatic heterocycles. The van der Waals surface area contributed by atoms with Crippen LogP contribution < -0.4 is 4.90 Å². The lowest BCUT2D eigenvalue weighted by Crippen LogP contribution is -2.36. The smallest absolute Gasteiger partial charge is 0.138 e. The lowest BCUT2D eigenvalue weighted by Gasteiger charge is -2.28. The molecule has 0 amide bonds. The van der Waals surface area contributed by atoms with Gasteiger partial charge in [-0.3, -0.25) is 4.99 Å². The molecule has 3 aromatic rings. The summed E-state index contributed by atoms with van der Waals surface area (Å²) in [6, 6.07) is 13.3. The fraction of sp³-hybridized carbons (Fsp3) is 0.304. The number of benzene rings is 2. The number of amidine groups is 1. The molecule has 0 N–H and O–H groups in total. The molecule has 2 unspecified atom stereocenters. The van der Waals surface area contributed by atoms with Crippen LogP contribution in [0.25, 0.3) is 0 Å². The molecular formula is C23H22Cl3N3S. The number of hydrogen-bond donors (Lipinski definition) is 0. The monoisotopic (exact) mass is 477 g/mol. The Kier molecular flexibility index (Phi) is 6.40. The van der Waals surface area contributed by atoms with Crippen LogP contribution in [0.3, 0.4) is 0 Å². The third kappa shape index (κ3) is 4.38. The van der Waals surface area contributed by atoms with E-state index in [-0.39, 0.29) is 12.1 Å². The molecule has 2 heterocycles. The van der Waals surface area contributed by atoms with Crippen LogP contribution in [0.5, 0.6) is 0 Å². The van der Waals surface area contributed by atoms with E-state index in [1.165, 1.54) is 4.88 Å². The van der Waals surface area contributed by atoms with Crippen molar-refractivity contribution in [2.45, 2.75) is 39.3 Å². The number of nitrogens with zero attached hydrogens (tertiary/aromatic N) is 3. The van der Waals surface area contributed by atoms with Gasteiger partial charge in [0.05, 0.1) is 11.1 Å². The van der Waals surface area contributed by atoms with E-state index in [1.807, 2.05) is 42.6 Å². The number of aliphatic imine (C=N–C) groups is 1. The van der Waals surface area contributed by atoms with Crippen LogP contribution in [0.15, 0.2) is 53.7 Å². The first kappa shape index (κ1) is 21.6. The van der Waals surface area contributed by atoms with E-state index in [0.29, 0.717) is 21.0 Å². The number of rotatable bonds is 5. The van der Waals surface area contributed by atoms with Crippen LogP contribution in [0, 0.1) is 5.92 Å². The Labute approximate surface area is 196 Å². The van der Waals surface area contributed by atoms with Crippen molar-refractivity contribution in [3.05, 3.63) is 79.2 Å². The van der Waals surface area contributed by atoms with E-state index < -0.39 is 0 Å². The molecule has 7 heteroatoms. The van der Waals surface area contributed by atoms with Gasteiger partial charge in [-0.15, -0.1) is 11.3 Å². The number of anilines is 1. The number of halogens is 3. The van der Waals surface area contributed by atoms with Gasteiger partial charge in [0.1, 0.15) is 16.9 Å². The molecule has 156 valence electrons. The summed E-state index contributed by atoms with van der Waals surface area (Å²) in [5.41, 5.74) is 1.86. The normalized spacial score (nSPS) is 18.9. The second kappa shape index (κ2) is 8.88. The molecular weight excluding hydrogens is 457 g/mol. The van der Waals surface area contributed by atoms with Crippen molar-refractivity contribution in [2.24, 2.45) is 10.9 Å². The van der Waals surface area contributed by atoms with Crippen LogP contribution in [0.4, 0.5) is 5.69 Å². The van der Waals surface area contributed by atoms with Crippen LogP contribution in [0.1, 0.15) is 42.3 Å². The van der Waals surface area contributed by atoms with Gasteiger partial charge in [-0.1, -0.05) is 48.7 Å². The highest BCUT2D eigenvalue weighted by atomic mass is 35.5. The molecule has 0 spiro atoms. The second-order valence-electron chi connectivity index (χ2n) is 7.87. The molecule has 0 aliphatic carbocycles. The summed E-state index contributed by atoms with van der Waals surface area (Å²) < 4.78 is 0. The minimum Gasteiger partial charge on any atom is -0.321 e. The highest BCUT2D eigenvalue weighted by Gasteiger charge is 2.37. The van der Waals surface area contributed by atoms with E-state index in [9.17, 15) is 0 Å². The predicted octanol–water partition coefficient (Wildman–Crippen LogP) is 7.70. The first-order valence-electron chi connectivity index (χ1n) is 9.86. The first-order valence-corrected chi connectivity index (χ1v) is 11.8. The summed E-state index contributed by atoms with van der Waals surface area (Å²) in [6.07, 6.45) is 3.02. The van der Waals surface area contributed by atoms with Crippen molar-refractivity contribution in [3.63, 3.8) is 0 Å². The topological polar surface area (TPSA) is 28.5 Å². The van der Waals surface area contributed by atoms with Crippen molar-refractivity contribution >= 4 is 57.7 Å². The van der Waals surface area contributed by atoms with E-state index >= 15 is 0 Å². The summed E-state index contributed by atoms with van der Waals surface area (Å²) in [5.74, 6) is 1.41. The lowest BCUT2D eigenvalue weighted by molar-refractivity contribution is 0.622. The van der Waals surface area contributed by atoms with Gasteiger partial charge in [-0.2, -0.15) is 0 Å². The fourth-order valence-corrected chi connectivity index (χ4v) is 5.57. The van der Waals surface area contributed by atoms with Crippen molar-refractivity contribution in [1.82, 2.24) is 4.98 Å². The van der Waals surface area contributed by atoms with Gasteiger partial charge in [0.25, 0.3) is 0 Å². The van der Waals surface area contributed by atoms with Crippen molar-refractivity contribution in [3.8, 4) is 0 Å². The molecule has 1 aliphatic heterocycles. The van der Waals surface area contributed by atoms with Gasteiger partial charge in [0.15, 0.2) is 0 Å². The van der Waals surface area contributed by atoms with E-state index in [2.05, 4.69) is 25.7 Å². The Morgan fingerprint density at radius 1 is 1.03 bits per heavy atom. The average molecular weight is 479 g/mol. The number of hydrogen-bond acceptors (Lipinski definition) is 4. The Morgan fingerprint density at radius 2 is 1.73 bits per heavy atom. The van der Waals surface area contributed by atoms with Gasteiger partial charge >= 0.3 is 0 Å². The zero-order valence-electron chi connectivity index (χ0n) is 16.9. The van der Waals surface area contributed by atoms with E-state index in [1.54, 1.807) is 17.4 Å². The Morgan fingerprint density at radius 3 is 2.40 bits per heavy atom. The maximum atomic E-state index is 6.56. The van der Waals surface area contributed by atoms with Crippen LogP contribution in [-0.4, -0.2) is 16.9 Å². The molecule has 2 atom stereocenters. The van der Waals surface area contributed by atoms with Gasteiger partial charge in [0.2, 0.25) is 0 Å². The van der Waals surface area contributed by atoms with Crippen LogP contribution in [-0.2, 0) is 6.42 Å². The molecule has 4 rings (SSSR count). The van der Waals surface area contributed by atoms with Crippen molar-refractivity contribution < 1.29 is 0 Å². The van der Waals surface area contributed by atoms with Gasteiger partial charge in [-0.05, 0) is 61.7 Å². The van der Waals surface area contributed by atoms with Crippen LogP contribution in [0.2, 0.25) is 15.1 Å². The first-order chi connectivity index (χ1) is 14.3. The van der Waals surface area contributed by atoms with E-state index in [0.717, 1.165) is 28.5 Å². The van der Waals surface area contributed by atoms with E-state index in [4.69, 9.17) is 44.8 Å². The Balaban J connectivity index is 1.78. The number of thiazole rings is 1. The zero-order chi connectivity index (χ0) is 21.4. The highest BCUT2D eigenvalue weighted by molar-refractivity contribution is 7.11. The maximum Gasteiger partial charge on any atom is 0.138 e. The van der Waals surface area contributed by atoms with Gasteiger partial charge in [-0.25, -0.2) is 4.98 Å². The molecule has 0 radical (unpaired) electrons. The van der Waals surface area contributed by atoms with Crippen molar-refractivity contribution in [1.29, 1.82) is 0 Å². The quantitative estimate of drug-likeness (QED) is 0.376. The second-order valence-corrected chi connectivity index (χ2v) is 10.3. The van der Waals surface area contributed by atoms with Gasteiger partial charge in [0, 0.05) is 32.4 Å². The summed E-state index contributed by atoms with van der Waals surface area (Å²) >= 11 is 20.6. The maximum absolute atomic E-state index is 6.56. The molecule has 1 aliphatic rings. The predicted molar refractivity (Wildman–Crippen MR) is 130 cm³/mol. The molecule has 0 fully saturated rings.